The predicted octanol–water partition coefficient (Wildman–Crippen LogP) is 3.79. The van der Waals surface area contributed by atoms with Crippen molar-refractivity contribution in [1.82, 2.24) is 24.8 Å². The molecule has 0 aliphatic carbocycles. The standard InChI is InChI=1S/C27H34ClN7O/c1-2-22-18-34(27-24(28)15-21(16-32-27)26-30-9-10-31-26)13-14-35(22)23-7-11-33(12-8-23)17-19-3-5-20(6-4-19)25(29)36/h3-6,9-10,15-16,22-23H,2,7-8,11-14,17-18H2,1H3,(H2,29,36)(H,30,31)/t22-/m0/s1. The SMILES string of the molecule is CC[C@H]1CN(c2ncc(-c3ncc[nH]3)cc2Cl)CCN1C1CCN(Cc2ccc(C(N)=O)cc2)CC1. The molecule has 2 fully saturated rings. The van der Waals surface area contributed by atoms with Crippen molar-refractivity contribution in [3.05, 3.63) is 65.1 Å². The van der Waals surface area contributed by atoms with Gasteiger partial charge in [0.25, 0.3) is 0 Å². The lowest BCUT2D eigenvalue weighted by Gasteiger charge is -2.47. The molecule has 0 saturated carbocycles. The van der Waals surface area contributed by atoms with Crippen LogP contribution in [0, 0.1) is 0 Å². The topological polar surface area (TPSA) is 94.4 Å². The molecule has 8 nitrogen and oxygen atoms in total. The Morgan fingerprint density at radius 2 is 1.92 bits per heavy atom. The summed E-state index contributed by atoms with van der Waals surface area (Å²) in [6.45, 7) is 8.25. The summed E-state index contributed by atoms with van der Waals surface area (Å²) in [5.41, 5.74) is 8.04. The molecule has 0 bridgehead atoms. The largest absolute Gasteiger partial charge is 0.366 e. The molecule has 1 atom stereocenters. The van der Waals surface area contributed by atoms with Crippen molar-refractivity contribution in [2.45, 2.75) is 44.8 Å². The number of nitrogens with two attached hydrogens (primary N) is 1. The number of piperazine rings is 1. The van der Waals surface area contributed by atoms with E-state index in [1.807, 2.05) is 36.5 Å². The van der Waals surface area contributed by atoms with Crippen LogP contribution in [0.4, 0.5) is 5.82 Å². The van der Waals surface area contributed by atoms with Crippen LogP contribution in [0.15, 0.2) is 48.9 Å². The fourth-order valence-corrected chi connectivity index (χ4v) is 5.85. The minimum atomic E-state index is -0.378. The number of carbonyl (C=O) groups is 1. The van der Waals surface area contributed by atoms with E-state index in [1.165, 1.54) is 18.4 Å². The normalized spacial score (nSPS) is 20.1. The second kappa shape index (κ2) is 11.0. The Morgan fingerprint density at radius 1 is 1.14 bits per heavy atom. The second-order valence-electron chi connectivity index (χ2n) is 9.78. The summed E-state index contributed by atoms with van der Waals surface area (Å²) in [5.74, 6) is 1.26. The highest BCUT2D eigenvalue weighted by molar-refractivity contribution is 6.33. The number of benzene rings is 1. The Hall–Kier alpha value is -2.94. The minimum Gasteiger partial charge on any atom is -0.366 e. The van der Waals surface area contributed by atoms with Crippen LogP contribution in [0.5, 0.6) is 0 Å². The van der Waals surface area contributed by atoms with E-state index < -0.39 is 0 Å². The molecule has 5 rings (SSSR count). The maximum absolute atomic E-state index is 11.3. The highest BCUT2D eigenvalue weighted by Crippen LogP contribution is 2.31. The number of imidazole rings is 1. The van der Waals surface area contributed by atoms with E-state index >= 15 is 0 Å². The Bertz CT molecular complexity index is 1160. The van der Waals surface area contributed by atoms with Crippen LogP contribution in [0.2, 0.25) is 5.02 Å². The third kappa shape index (κ3) is 5.40. The number of pyridine rings is 1. The summed E-state index contributed by atoms with van der Waals surface area (Å²) in [5, 5.41) is 0.671. The van der Waals surface area contributed by atoms with Gasteiger partial charge in [-0.2, -0.15) is 0 Å². The number of aromatic nitrogens is 3. The summed E-state index contributed by atoms with van der Waals surface area (Å²) >= 11 is 6.67. The number of likely N-dealkylation sites (tertiary alicyclic amines) is 1. The van der Waals surface area contributed by atoms with Gasteiger partial charge in [-0.1, -0.05) is 30.7 Å². The molecule has 0 unspecified atom stereocenters. The number of H-pyrrole nitrogens is 1. The van der Waals surface area contributed by atoms with Crippen LogP contribution in [0.25, 0.3) is 11.4 Å². The van der Waals surface area contributed by atoms with Crippen molar-refractivity contribution in [3.63, 3.8) is 0 Å². The Labute approximate surface area is 217 Å². The molecule has 9 heteroatoms. The molecule has 1 aromatic carbocycles. The molecular formula is C27H34ClN7O. The number of rotatable bonds is 7. The third-order valence-corrected chi connectivity index (χ3v) is 7.84. The molecule has 1 amide bonds. The zero-order valence-electron chi connectivity index (χ0n) is 20.7. The van der Waals surface area contributed by atoms with E-state index in [1.54, 1.807) is 12.4 Å². The van der Waals surface area contributed by atoms with Gasteiger partial charge in [0, 0.05) is 68.0 Å². The molecule has 3 aromatic rings. The number of primary amides is 1. The van der Waals surface area contributed by atoms with Gasteiger partial charge in [0.2, 0.25) is 5.91 Å². The fourth-order valence-electron chi connectivity index (χ4n) is 5.56. The monoisotopic (exact) mass is 507 g/mol. The van der Waals surface area contributed by atoms with Gasteiger partial charge in [0.05, 0.1) is 5.02 Å². The highest BCUT2D eigenvalue weighted by atomic mass is 35.5. The van der Waals surface area contributed by atoms with Crippen molar-refractivity contribution in [3.8, 4) is 11.4 Å². The Morgan fingerprint density at radius 3 is 2.56 bits per heavy atom. The van der Waals surface area contributed by atoms with Crippen LogP contribution < -0.4 is 10.6 Å². The smallest absolute Gasteiger partial charge is 0.248 e. The van der Waals surface area contributed by atoms with E-state index in [2.05, 4.69) is 31.6 Å². The van der Waals surface area contributed by atoms with Crippen LogP contribution in [0.3, 0.4) is 0 Å². The van der Waals surface area contributed by atoms with E-state index in [-0.39, 0.29) is 5.91 Å². The molecule has 2 aliphatic heterocycles. The van der Waals surface area contributed by atoms with Gasteiger partial charge in [-0.15, -0.1) is 0 Å². The summed E-state index contributed by atoms with van der Waals surface area (Å²) in [7, 11) is 0. The zero-order valence-corrected chi connectivity index (χ0v) is 21.5. The molecule has 2 aliphatic rings. The maximum Gasteiger partial charge on any atom is 0.248 e. The van der Waals surface area contributed by atoms with Crippen LogP contribution in [-0.4, -0.2) is 75.5 Å². The number of piperidine rings is 1. The molecule has 2 saturated heterocycles. The third-order valence-electron chi connectivity index (χ3n) is 7.56. The first-order chi connectivity index (χ1) is 17.5. The van der Waals surface area contributed by atoms with E-state index in [9.17, 15) is 4.79 Å². The molecule has 0 spiro atoms. The van der Waals surface area contributed by atoms with E-state index in [0.29, 0.717) is 22.7 Å². The van der Waals surface area contributed by atoms with Gasteiger partial charge >= 0.3 is 0 Å². The number of hydrogen-bond donors (Lipinski definition) is 2. The van der Waals surface area contributed by atoms with Gasteiger partial charge < -0.3 is 15.6 Å². The van der Waals surface area contributed by atoms with Crippen molar-refractivity contribution in [1.29, 1.82) is 0 Å². The van der Waals surface area contributed by atoms with Gasteiger partial charge in [0.15, 0.2) is 0 Å². The average molecular weight is 508 g/mol. The molecule has 4 heterocycles. The summed E-state index contributed by atoms with van der Waals surface area (Å²) < 4.78 is 0. The van der Waals surface area contributed by atoms with Crippen molar-refractivity contribution in [2.24, 2.45) is 5.73 Å². The second-order valence-corrected chi connectivity index (χ2v) is 10.2. The van der Waals surface area contributed by atoms with Crippen LogP contribution in [0.1, 0.15) is 42.1 Å². The first-order valence-electron chi connectivity index (χ1n) is 12.8. The summed E-state index contributed by atoms with van der Waals surface area (Å²) in [6, 6.07) is 10.7. The van der Waals surface area contributed by atoms with Crippen molar-refractivity contribution < 1.29 is 4.79 Å². The van der Waals surface area contributed by atoms with Crippen LogP contribution >= 0.6 is 11.6 Å². The summed E-state index contributed by atoms with van der Waals surface area (Å²) in [6.07, 6.45) is 8.83. The quantitative estimate of drug-likeness (QED) is 0.505. The number of carbonyl (C=O) groups excluding carboxylic acids is 1. The van der Waals surface area contributed by atoms with Gasteiger partial charge in [-0.3, -0.25) is 14.6 Å². The number of amides is 1. The lowest BCUT2D eigenvalue weighted by atomic mass is 9.97. The molecular weight excluding hydrogens is 474 g/mol. The molecule has 3 N–H and O–H groups in total. The first-order valence-corrected chi connectivity index (χ1v) is 13.2. The maximum atomic E-state index is 11.3. The zero-order chi connectivity index (χ0) is 25.1. The molecule has 190 valence electrons. The van der Waals surface area contributed by atoms with Crippen molar-refractivity contribution >= 4 is 23.3 Å². The average Bonchev–Trinajstić information content (AvgIpc) is 3.44. The Kier molecular flexibility index (Phi) is 7.55. The minimum absolute atomic E-state index is 0.378. The van der Waals surface area contributed by atoms with E-state index in [0.717, 1.165) is 62.9 Å². The predicted molar refractivity (Wildman–Crippen MR) is 143 cm³/mol. The highest BCUT2D eigenvalue weighted by Gasteiger charge is 2.34. The van der Waals surface area contributed by atoms with E-state index in [4.69, 9.17) is 22.3 Å². The number of hydrogen-bond acceptors (Lipinski definition) is 6. The molecule has 2 aromatic heterocycles. The number of halogens is 1. The lowest BCUT2D eigenvalue weighted by molar-refractivity contribution is 0.0610. The molecule has 0 radical (unpaired) electrons. The van der Waals surface area contributed by atoms with Crippen molar-refractivity contribution in [2.75, 3.05) is 37.6 Å². The number of anilines is 1. The van der Waals surface area contributed by atoms with Gasteiger partial charge in [-0.05, 0) is 56.1 Å². The summed E-state index contributed by atoms with van der Waals surface area (Å²) in [4.78, 5) is 31.0. The van der Waals surface area contributed by atoms with Gasteiger partial charge in [0.1, 0.15) is 11.6 Å². The van der Waals surface area contributed by atoms with Gasteiger partial charge in [-0.25, -0.2) is 9.97 Å². The number of nitrogens with one attached hydrogen (secondary N) is 1. The Balaban J connectivity index is 1.16. The lowest BCUT2D eigenvalue weighted by Crippen LogP contribution is -2.58. The first kappa shape index (κ1) is 24.7. The fraction of sp³-hybridized carbons (Fsp3) is 0.444. The number of nitrogens with zero attached hydrogens (tertiary/aromatic N) is 5. The van der Waals surface area contributed by atoms with Crippen LogP contribution in [-0.2, 0) is 6.54 Å². The number of aromatic amines is 1. The molecule has 36 heavy (non-hydrogen) atoms.